The standard InChI is InChI=1S/C13H19BO2/c1-13(2,3)9-12-10-15-14(16-12)11-7-5-4-6-8-11/h4-8,12H,9-10H2,1-3H3. The van der Waals surface area contributed by atoms with Crippen molar-refractivity contribution in [2.24, 2.45) is 5.41 Å². The topological polar surface area (TPSA) is 18.5 Å². The Morgan fingerprint density at radius 2 is 1.94 bits per heavy atom. The first-order valence-electron chi connectivity index (χ1n) is 5.87. The van der Waals surface area contributed by atoms with Gasteiger partial charge < -0.3 is 9.31 Å². The van der Waals surface area contributed by atoms with Crippen LogP contribution < -0.4 is 5.46 Å². The molecule has 1 heterocycles. The number of hydrogen-bond acceptors (Lipinski definition) is 2. The molecule has 16 heavy (non-hydrogen) atoms. The third kappa shape index (κ3) is 3.10. The van der Waals surface area contributed by atoms with Crippen LogP contribution in [0.4, 0.5) is 0 Å². The first-order chi connectivity index (χ1) is 7.54. The monoisotopic (exact) mass is 218 g/mol. The molecule has 1 fully saturated rings. The summed E-state index contributed by atoms with van der Waals surface area (Å²) >= 11 is 0. The van der Waals surface area contributed by atoms with Crippen molar-refractivity contribution in [2.75, 3.05) is 6.61 Å². The van der Waals surface area contributed by atoms with E-state index in [2.05, 4.69) is 20.8 Å². The van der Waals surface area contributed by atoms with E-state index in [1.807, 2.05) is 30.3 Å². The van der Waals surface area contributed by atoms with Crippen LogP contribution in [-0.2, 0) is 9.31 Å². The molecule has 0 amide bonds. The molecular formula is C13H19BO2. The number of rotatable bonds is 2. The Kier molecular flexibility index (Phi) is 3.36. The normalized spacial score (nSPS) is 21.4. The predicted octanol–water partition coefficient (Wildman–Crippen LogP) is 2.23. The summed E-state index contributed by atoms with van der Waals surface area (Å²) in [5.41, 5.74) is 1.40. The molecule has 0 aliphatic carbocycles. The average Bonchev–Trinajstić information content (AvgIpc) is 2.65. The van der Waals surface area contributed by atoms with Gasteiger partial charge in [-0.2, -0.15) is 0 Å². The Hall–Kier alpha value is -0.795. The third-order valence-corrected chi connectivity index (χ3v) is 2.66. The zero-order valence-corrected chi connectivity index (χ0v) is 10.3. The Morgan fingerprint density at radius 3 is 2.56 bits per heavy atom. The molecule has 1 aromatic rings. The van der Waals surface area contributed by atoms with Crippen molar-refractivity contribution in [3.05, 3.63) is 30.3 Å². The fraction of sp³-hybridized carbons (Fsp3) is 0.538. The molecule has 1 aromatic carbocycles. The van der Waals surface area contributed by atoms with Gasteiger partial charge in [-0.15, -0.1) is 0 Å². The van der Waals surface area contributed by atoms with Gasteiger partial charge in [-0.05, 0) is 17.3 Å². The van der Waals surface area contributed by atoms with Crippen LogP contribution in [0.15, 0.2) is 30.3 Å². The lowest BCUT2D eigenvalue weighted by Crippen LogP contribution is -2.32. The van der Waals surface area contributed by atoms with Gasteiger partial charge in [0.2, 0.25) is 0 Å². The summed E-state index contributed by atoms with van der Waals surface area (Å²) in [5, 5.41) is 0. The van der Waals surface area contributed by atoms with Gasteiger partial charge >= 0.3 is 7.12 Å². The van der Waals surface area contributed by atoms with E-state index >= 15 is 0 Å². The molecule has 0 saturated carbocycles. The second-order valence-corrected chi connectivity index (χ2v) is 5.60. The van der Waals surface area contributed by atoms with Gasteiger partial charge in [-0.25, -0.2) is 0 Å². The molecular weight excluding hydrogens is 199 g/mol. The van der Waals surface area contributed by atoms with Crippen LogP contribution in [0.3, 0.4) is 0 Å². The van der Waals surface area contributed by atoms with Gasteiger partial charge in [0, 0.05) is 0 Å². The van der Waals surface area contributed by atoms with Crippen LogP contribution >= 0.6 is 0 Å². The highest BCUT2D eigenvalue weighted by atomic mass is 16.6. The van der Waals surface area contributed by atoms with E-state index in [9.17, 15) is 0 Å². The van der Waals surface area contributed by atoms with E-state index < -0.39 is 0 Å². The van der Waals surface area contributed by atoms with Crippen LogP contribution in [0.2, 0.25) is 0 Å². The molecule has 1 unspecified atom stereocenters. The van der Waals surface area contributed by atoms with Crippen molar-refractivity contribution in [2.45, 2.75) is 33.3 Å². The van der Waals surface area contributed by atoms with Crippen LogP contribution in [-0.4, -0.2) is 19.8 Å². The summed E-state index contributed by atoms with van der Waals surface area (Å²) in [6.07, 6.45) is 1.27. The Labute approximate surface area is 98.1 Å². The van der Waals surface area contributed by atoms with Crippen molar-refractivity contribution in [1.29, 1.82) is 0 Å². The molecule has 0 radical (unpaired) electrons. The van der Waals surface area contributed by atoms with Crippen molar-refractivity contribution in [3.63, 3.8) is 0 Å². The molecule has 3 heteroatoms. The fourth-order valence-electron chi connectivity index (χ4n) is 2.02. The summed E-state index contributed by atoms with van der Waals surface area (Å²) < 4.78 is 11.6. The SMILES string of the molecule is CC(C)(C)CC1COB(c2ccccc2)O1. The fourth-order valence-corrected chi connectivity index (χ4v) is 2.02. The van der Waals surface area contributed by atoms with Crippen molar-refractivity contribution in [1.82, 2.24) is 0 Å². The van der Waals surface area contributed by atoms with Crippen LogP contribution in [0.5, 0.6) is 0 Å². The molecule has 2 nitrogen and oxygen atoms in total. The summed E-state index contributed by atoms with van der Waals surface area (Å²) in [7, 11) is -0.173. The maximum absolute atomic E-state index is 5.90. The van der Waals surface area contributed by atoms with E-state index in [4.69, 9.17) is 9.31 Å². The first-order valence-corrected chi connectivity index (χ1v) is 5.87. The lowest BCUT2D eigenvalue weighted by Gasteiger charge is -2.21. The zero-order valence-electron chi connectivity index (χ0n) is 10.3. The highest BCUT2D eigenvalue weighted by Gasteiger charge is 2.34. The maximum Gasteiger partial charge on any atom is 0.494 e. The molecule has 0 N–H and O–H groups in total. The number of hydrogen-bond donors (Lipinski definition) is 0. The zero-order chi connectivity index (χ0) is 11.6. The van der Waals surface area contributed by atoms with E-state index in [1.165, 1.54) is 0 Å². The minimum atomic E-state index is -0.173. The van der Waals surface area contributed by atoms with E-state index in [-0.39, 0.29) is 13.2 Å². The van der Waals surface area contributed by atoms with E-state index in [1.54, 1.807) is 0 Å². The predicted molar refractivity (Wildman–Crippen MR) is 66.7 cm³/mol. The molecule has 0 bridgehead atoms. The van der Waals surface area contributed by atoms with E-state index in [0.717, 1.165) is 11.9 Å². The second kappa shape index (κ2) is 4.60. The molecule has 0 aromatic heterocycles. The summed E-state index contributed by atoms with van der Waals surface area (Å²) in [4.78, 5) is 0. The summed E-state index contributed by atoms with van der Waals surface area (Å²) in [6.45, 7) is 7.39. The Balaban J connectivity index is 1.94. The smallest absolute Gasteiger partial charge is 0.405 e. The molecule has 1 saturated heterocycles. The van der Waals surface area contributed by atoms with Gasteiger partial charge in [0.25, 0.3) is 0 Å². The lowest BCUT2D eigenvalue weighted by atomic mass is 9.79. The minimum absolute atomic E-state index is 0.173. The van der Waals surface area contributed by atoms with Crippen molar-refractivity contribution >= 4 is 12.6 Å². The van der Waals surface area contributed by atoms with Gasteiger partial charge in [0.1, 0.15) is 0 Å². The van der Waals surface area contributed by atoms with Crippen LogP contribution in [0, 0.1) is 5.41 Å². The molecule has 1 aliphatic rings. The largest absolute Gasteiger partial charge is 0.494 e. The van der Waals surface area contributed by atoms with Gasteiger partial charge in [-0.3, -0.25) is 0 Å². The highest BCUT2D eigenvalue weighted by molar-refractivity contribution is 6.61. The van der Waals surface area contributed by atoms with Crippen LogP contribution in [0.1, 0.15) is 27.2 Å². The summed E-state index contributed by atoms with van der Waals surface area (Å²) in [6, 6.07) is 10.1. The lowest BCUT2D eigenvalue weighted by molar-refractivity contribution is 0.166. The summed E-state index contributed by atoms with van der Waals surface area (Å²) in [5.74, 6) is 0. The van der Waals surface area contributed by atoms with Crippen molar-refractivity contribution in [3.8, 4) is 0 Å². The quantitative estimate of drug-likeness (QED) is 0.708. The maximum atomic E-state index is 5.90. The Morgan fingerprint density at radius 1 is 1.25 bits per heavy atom. The van der Waals surface area contributed by atoms with Gasteiger partial charge in [-0.1, -0.05) is 51.1 Å². The molecule has 86 valence electrons. The number of benzene rings is 1. The van der Waals surface area contributed by atoms with Gasteiger partial charge in [0.15, 0.2) is 0 Å². The highest BCUT2D eigenvalue weighted by Crippen LogP contribution is 2.25. The first kappa shape index (κ1) is 11.7. The molecule has 0 spiro atoms. The Bertz CT molecular complexity index is 332. The average molecular weight is 218 g/mol. The molecule has 1 aliphatic heterocycles. The molecule has 1 atom stereocenters. The van der Waals surface area contributed by atoms with Crippen LogP contribution in [0.25, 0.3) is 0 Å². The minimum Gasteiger partial charge on any atom is -0.405 e. The third-order valence-electron chi connectivity index (χ3n) is 2.66. The molecule has 2 rings (SSSR count). The van der Waals surface area contributed by atoms with Gasteiger partial charge in [0.05, 0.1) is 12.7 Å². The second-order valence-electron chi connectivity index (χ2n) is 5.60. The van der Waals surface area contributed by atoms with E-state index in [0.29, 0.717) is 12.0 Å². The van der Waals surface area contributed by atoms with Crippen molar-refractivity contribution < 1.29 is 9.31 Å².